The van der Waals surface area contributed by atoms with Crippen LogP contribution >= 0.6 is 0 Å². The lowest BCUT2D eigenvalue weighted by Crippen LogP contribution is -2.31. The van der Waals surface area contributed by atoms with Crippen molar-refractivity contribution in [2.45, 2.75) is 59.5 Å². The largest absolute Gasteiger partial charge is 0.366 e. The van der Waals surface area contributed by atoms with Crippen molar-refractivity contribution in [3.8, 4) is 0 Å². The van der Waals surface area contributed by atoms with Crippen LogP contribution in [0.1, 0.15) is 48.8 Å². The van der Waals surface area contributed by atoms with Crippen LogP contribution in [0.3, 0.4) is 0 Å². The normalized spacial score (nSPS) is 13.7. The summed E-state index contributed by atoms with van der Waals surface area (Å²) >= 11 is 0. The Kier molecular flexibility index (Phi) is 5.74. The van der Waals surface area contributed by atoms with Gasteiger partial charge in [-0.05, 0) is 39.2 Å². The van der Waals surface area contributed by atoms with Gasteiger partial charge in [-0.25, -0.2) is 4.98 Å². The minimum absolute atomic E-state index is 0.0456. The summed E-state index contributed by atoms with van der Waals surface area (Å²) < 4.78 is 4.05. The van der Waals surface area contributed by atoms with Gasteiger partial charge >= 0.3 is 0 Å². The number of hydrogen-bond donors (Lipinski definition) is 1. The number of carbonyl (C=O) groups excluding carboxylic acids is 1. The second-order valence-electron chi connectivity index (χ2n) is 8.24. The second kappa shape index (κ2) is 8.45. The molecule has 0 bridgehead atoms. The lowest BCUT2D eigenvalue weighted by molar-refractivity contribution is -0.118. The highest BCUT2D eigenvalue weighted by molar-refractivity contribution is 5.89. The molecule has 0 saturated heterocycles. The molecular formula is C22H31N7O. The number of carbonyl (C=O) groups is 1. The number of unbranched alkanes of at least 4 members (excludes halogenated alkanes) is 2. The molecular weight excluding hydrogens is 378 g/mol. The van der Waals surface area contributed by atoms with Gasteiger partial charge in [-0.2, -0.15) is 10.2 Å². The zero-order valence-electron chi connectivity index (χ0n) is 18.4. The van der Waals surface area contributed by atoms with Crippen LogP contribution in [0.25, 0.3) is 11.0 Å². The van der Waals surface area contributed by atoms with Gasteiger partial charge in [0.1, 0.15) is 0 Å². The first-order chi connectivity index (χ1) is 14.4. The molecule has 0 unspecified atom stereocenters. The number of hydrogen-bond acceptors (Lipinski definition) is 5. The number of amides is 1. The summed E-state index contributed by atoms with van der Waals surface area (Å²) in [5.74, 6) is 0.0456. The maximum absolute atomic E-state index is 10.9. The molecule has 0 aromatic carbocycles. The summed E-state index contributed by atoms with van der Waals surface area (Å²) in [5.41, 5.74) is 7.01. The van der Waals surface area contributed by atoms with Crippen LogP contribution < -0.4 is 10.2 Å². The molecule has 160 valence electrons. The van der Waals surface area contributed by atoms with Gasteiger partial charge in [0, 0.05) is 63.5 Å². The Labute approximate surface area is 177 Å². The monoisotopic (exact) mass is 409 g/mol. The van der Waals surface area contributed by atoms with Gasteiger partial charge in [-0.3, -0.25) is 14.2 Å². The van der Waals surface area contributed by atoms with E-state index in [-0.39, 0.29) is 5.91 Å². The standard InChI is InChI=1S/C22H31N7O/c1-15-12-21(18-13-24-27(4)22(18)25-15)28-11-8-20-19(14-28)16(2)26-29(20)10-7-5-6-9-23-17(3)30/h12-13H,5-11,14H2,1-4H3,(H,23,30). The molecule has 1 aliphatic heterocycles. The van der Waals surface area contributed by atoms with Gasteiger partial charge in [0.2, 0.25) is 5.91 Å². The van der Waals surface area contributed by atoms with Crippen molar-refractivity contribution in [3.05, 3.63) is 34.9 Å². The SMILES string of the molecule is CC(=O)NCCCCCn1nc(C)c2c1CCN(c1cc(C)nc3c1cnn3C)C2. The number of rotatable bonds is 7. The van der Waals surface area contributed by atoms with E-state index in [1.165, 1.54) is 16.9 Å². The van der Waals surface area contributed by atoms with Gasteiger partial charge in [0.05, 0.1) is 23.0 Å². The van der Waals surface area contributed by atoms with Crippen LogP contribution in [-0.4, -0.2) is 43.5 Å². The van der Waals surface area contributed by atoms with E-state index in [1.54, 1.807) is 6.92 Å². The van der Waals surface area contributed by atoms with Crippen molar-refractivity contribution in [3.63, 3.8) is 0 Å². The molecule has 8 heteroatoms. The minimum Gasteiger partial charge on any atom is -0.366 e. The molecule has 3 aromatic rings. The number of nitrogens with zero attached hydrogens (tertiary/aromatic N) is 6. The summed E-state index contributed by atoms with van der Waals surface area (Å²) in [6.07, 6.45) is 6.10. The highest BCUT2D eigenvalue weighted by atomic mass is 16.1. The molecule has 0 radical (unpaired) electrons. The molecule has 3 aromatic heterocycles. The van der Waals surface area contributed by atoms with Crippen molar-refractivity contribution in [1.82, 2.24) is 29.9 Å². The molecule has 0 fully saturated rings. The van der Waals surface area contributed by atoms with E-state index in [4.69, 9.17) is 5.10 Å². The summed E-state index contributed by atoms with van der Waals surface area (Å²) in [7, 11) is 1.94. The molecule has 4 heterocycles. The van der Waals surface area contributed by atoms with Crippen molar-refractivity contribution < 1.29 is 4.79 Å². The minimum atomic E-state index is 0.0456. The smallest absolute Gasteiger partial charge is 0.216 e. The lowest BCUT2D eigenvalue weighted by Gasteiger charge is -2.30. The van der Waals surface area contributed by atoms with Crippen LogP contribution in [-0.2, 0) is 31.4 Å². The third-order valence-corrected chi connectivity index (χ3v) is 5.91. The Balaban J connectivity index is 1.46. The van der Waals surface area contributed by atoms with Crippen LogP contribution in [0.4, 0.5) is 5.69 Å². The van der Waals surface area contributed by atoms with Crippen molar-refractivity contribution in [2.24, 2.45) is 7.05 Å². The number of fused-ring (bicyclic) bond motifs is 2. The van der Waals surface area contributed by atoms with Crippen LogP contribution in [0.2, 0.25) is 0 Å². The quantitative estimate of drug-likeness (QED) is 0.607. The third kappa shape index (κ3) is 4.04. The Hall–Kier alpha value is -2.90. The average Bonchev–Trinajstić information content (AvgIpc) is 3.23. The fraction of sp³-hybridized carbons (Fsp3) is 0.545. The molecule has 1 amide bonds. The van der Waals surface area contributed by atoms with E-state index in [9.17, 15) is 4.79 Å². The molecule has 30 heavy (non-hydrogen) atoms. The van der Waals surface area contributed by atoms with E-state index in [1.807, 2.05) is 24.9 Å². The Morgan fingerprint density at radius 2 is 2.07 bits per heavy atom. The van der Waals surface area contributed by atoms with E-state index < -0.39 is 0 Å². The van der Waals surface area contributed by atoms with Gasteiger partial charge in [0.15, 0.2) is 5.65 Å². The topological polar surface area (TPSA) is 80.9 Å². The maximum Gasteiger partial charge on any atom is 0.216 e. The summed E-state index contributed by atoms with van der Waals surface area (Å²) in [5, 5.41) is 13.2. The fourth-order valence-electron chi connectivity index (χ4n) is 4.36. The van der Waals surface area contributed by atoms with E-state index in [2.05, 4.69) is 38.0 Å². The Morgan fingerprint density at radius 3 is 2.87 bits per heavy atom. The van der Waals surface area contributed by atoms with Crippen molar-refractivity contribution in [2.75, 3.05) is 18.0 Å². The van der Waals surface area contributed by atoms with Crippen molar-refractivity contribution >= 4 is 22.6 Å². The fourth-order valence-corrected chi connectivity index (χ4v) is 4.36. The molecule has 4 rings (SSSR count). The summed E-state index contributed by atoms with van der Waals surface area (Å²) in [6, 6.07) is 2.17. The number of aryl methyl sites for hydroxylation is 4. The highest BCUT2D eigenvalue weighted by Gasteiger charge is 2.25. The van der Waals surface area contributed by atoms with E-state index in [0.717, 1.165) is 74.3 Å². The Morgan fingerprint density at radius 1 is 1.23 bits per heavy atom. The number of pyridine rings is 1. The first-order valence-electron chi connectivity index (χ1n) is 10.8. The number of aromatic nitrogens is 5. The maximum atomic E-state index is 10.9. The van der Waals surface area contributed by atoms with Crippen LogP contribution in [0, 0.1) is 13.8 Å². The van der Waals surface area contributed by atoms with Crippen LogP contribution in [0.5, 0.6) is 0 Å². The van der Waals surface area contributed by atoms with E-state index in [0.29, 0.717) is 0 Å². The molecule has 1 aliphatic rings. The van der Waals surface area contributed by atoms with Crippen LogP contribution in [0.15, 0.2) is 12.3 Å². The number of nitrogens with one attached hydrogen (secondary N) is 1. The highest BCUT2D eigenvalue weighted by Crippen LogP contribution is 2.32. The Bertz CT molecular complexity index is 1070. The first-order valence-corrected chi connectivity index (χ1v) is 10.8. The van der Waals surface area contributed by atoms with Gasteiger partial charge in [-0.15, -0.1) is 0 Å². The van der Waals surface area contributed by atoms with E-state index >= 15 is 0 Å². The zero-order chi connectivity index (χ0) is 21.3. The third-order valence-electron chi connectivity index (χ3n) is 5.91. The molecule has 1 N–H and O–H groups in total. The zero-order valence-corrected chi connectivity index (χ0v) is 18.4. The lowest BCUT2D eigenvalue weighted by atomic mass is 10.0. The number of anilines is 1. The van der Waals surface area contributed by atoms with Gasteiger partial charge in [-0.1, -0.05) is 0 Å². The molecule has 0 aliphatic carbocycles. The second-order valence-corrected chi connectivity index (χ2v) is 8.24. The molecule has 0 atom stereocenters. The summed E-state index contributed by atoms with van der Waals surface area (Å²) in [6.45, 7) is 9.26. The first kappa shape index (κ1) is 20.4. The molecule has 0 saturated carbocycles. The molecule has 8 nitrogen and oxygen atoms in total. The van der Waals surface area contributed by atoms with Crippen molar-refractivity contribution in [1.29, 1.82) is 0 Å². The predicted molar refractivity (Wildman–Crippen MR) is 117 cm³/mol. The summed E-state index contributed by atoms with van der Waals surface area (Å²) in [4.78, 5) is 18.0. The average molecular weight is 410 g/mol. The molecule has 0 spiro atoms. The van der Waals surface area contributed by atoms with Gasteiger partial charge < -0.3 is 10.2 Å². The predicted octanol–water partition coefficient (Wildman–Crippen LogP) is 2.65. The van der Waals surface area contributed by atoms with Gasteiger partial charge in [0.25, 0.3) is 0 Å².